The second-order valence-electron chi connectivity index (χ2n) is 3.12. The van der Waals surface area contributed by atoms with Gasteiger partial charge in [0.2, 0.25) is 0 Å². The van der Waals surface area contributed by atoms with Crippen molar-refractivity contribution in [2.75, 3.05) is 13.2 Å². The number of carbonyl (C=O) groups is 1. The van der Waals surface area contributed by atoms with Crippen LogP contribution in [0.1, 0.15) is 34.6 Å². The highest BCUT2D eigenvalue weighted by Gasteiger charge is 2.11. The maximum atomic E-state index is 11.4. The highest BCUT2D eigenvalue weighted by Crippen LogP contribution is 2.09. The van der Waals surface area contributed by atoms with Crippen molar-refractivity contribution in [2.45, 2.75) is 34.6 Å². The molecule has 4 heteroatoms. The summed E-state index contributed by atoms with van der Waals surface area (Å²) in [5.41, 5.74) is 0.513. The van der Waals surface area contributed by atoms with Crippen LogP contribution < -0.4 is 0 Å². The standard InChI is InChI=1S/C13H17NO3.C2H6/c1-5-16-11(4)8-7-10(3)12(9-14)13(15)17-6-2;1-2/h7-8H,4-6H2,1-3H3;1-2H3/b8-7+,12-10+;. The molecule has 0 unspecified atom stereocenters. The molecule has 0 heterocycles. The van der Waals surface area contributed by atoms with Gasteiger partial charge in [0.25, 0.3) is 0 Å². The van der Waals surface area contributed by atoms with Gasteiger partial charge in [-0.15, -0.1) is 0 Å². The lowest BCUT2D eigenvalue weighted by molar-refractivity contribution is -0.138. The minimum atomic E-state index is -0.612. The number of hydrogen-bond donors (Lipinski definition) is 0. The fourth-order valence-corrected chi connectivity index (χ4v) is 1.03. The van der Waals surface area contributed by atoms with E-state index in [2.05, 4.69) is 6.58 Å². The number of nitriles is 1. The summed E-state index contributed by atoms with van der Waals surface area (Å²) in [5.74, 6) is -0.132. The molecule has 0 bridgehead atoms. The Labute approximate surface area is 116 Å². The van der Waals surface area contributed by atoms with Crippen LogP contribution in [0.3, 0.4) is 0 Å². The lowest BCUT2D eigenvalue weighted by Gasteiger charge is -2.03. The number of hydrogen-bond acceptors (Lipinski definition) is 4. The number of allylic oxidation sites excluding steroid dienone is 3. The van der Waals surface area contributed by atoms with Crippen molar-refractivity contribution in [1.29, 1.82) is 5.26 Å². The summed E-state index contributed by atoms with van der Waals surface area (Å²) in [6.07, 6.45) is 3.21. The third-order valence-electron chi connectivity index (χ3n) is 1.83. The van der Waals surface area contributed by atoms with Crippen molar-refractivity contribution in [3.8, 4) is 6.07 Å². The molecule has 0 aliphatic carbocycles. The molecule has 0 aliphatic heterocycles. The second-order valence-corrected chi connectivity index (χ2v) is 3.12. The Balaban J connectivity index is 0. The Morgan fingerprint density at radius 1 is 1.21 bits per heavy atom. The second kappa shape index (κ2) is 12.4. The molecule has 0 fully saturated rings. The molecule has 0 radical (unpaired) electrons. The number of nitrogens with zero attached hydrogens (tertiary/aromatic N) is 1. The van der Waals surface area contributed by atoms with E-state index in [9.17, 15) is 4.79 Å². The maximum Gasteiger partial charge on any atom is 0.349 e. The van der Waals surface area contributed by atoms with Crippen molar-refractivity contribution in [3.05, 3.63) is 35.6 Å². The van der Waals surface area contributed by atoms with E-state index in [0.717, 1.165) is 0 Å². The molecule has 0 saturated carbocycles. The Hall–Kier alpha value is -2.02. The zero-order valence-electron chi connectivity index (χ0n) is 12.4. The third-order valence-corrected chi connectivity index (χ3v) is 1.83. The smallest absolute Gasteiger partial charge is 0.349 e. The summed E-state index contributed by atoms with van der Waals surface area (Å²) in [4.78, 5) is 11.4. The highest BCUT2D eigenvalue weighted by molar-refractivity contribution is 5.94. The average molecular weight is 265 g/mol. The molecule has 0 aromatic carbocycles. The van der Waals surface area contributed by atoms with Gasteiger partial charge < -0.3 is 9.47 Å². The van der Waals surface area contributed by atoms with Gasteiger partial charge in [0.1, 0.15) is 17.4 Å². The minimum Gasteiger partial charge on any atom is -0.495 e. The van der Waals surface area contributed by atoms with E-state index in [1.54, 1.807) is 26.0 Å². The van der Waals surface area contributed by atoms with Crippen molar-refractivity contribution in [2.24, 2.45) is 0 Å². The van der Waals surface area contributed by atoms with Crippen molar-refractivity contribution in [3.63, 3.8) is 0 Å². The molecule has 0 aromatic rings. The maximum absolute atomic E-state index is 11.4. The molecule has 0 N–H and O–H groups in total. The van der Waals surface area contributed by atoms with Gasteiger partial charge in [0, 0.05) is 0 Å². The normalized spacial score (nSPS) is 10.7. The summed E-state index contributed by atoms with van der Waals surface area (Å²) in [7, 11) is 0. The Kier molecular flexibility index (Phi) is 12.6. The summed E-state index contributed by atoms with van der Waals surface area (Å²) in [5, 5.41) is 8.87. The van der Waals surface area contributed by atoms with Gasteiger partial charge in [-0.2, -0.15) is 5.26 Å². The molecule has 0 atom stereocenters. The van der Waals surface area contributed by atoms with E-state index < -0.39 is 5.97 Å². The van der Waals surface area contributed by atoms with Crippen molar-refractivity contribution >= 4 is 5.97 Å². The van der Waals surface area contributed by atoms with E-state index >= 15 is 0 Å². The Bertz CT molecular complexity index is 387. The highest BCUT2D eigenvalue weighted by atomic mass is 16.5. The molecular formula is C15H23NO3. The monoisotopic (exact) mass is 265 g/mol. The van der Waals surface area contributed by atoms with Crippen LogP contribution in [0.25, 0.3) is 0 Å². The first-order valence-corrected chi connectivity index (χ1v) is 6.34. The summed E-state index contributed by atoms with van der Waals surface area (Å²) in [6, 6.07) is 1.83. The molecule has 0 spiro atoms. The van der Waals surface area contributed by atoms with E-state index in [1.165, 1.54) is 0 Å². The zero-order valence-corrected chi connectivity index (χ0v) is 12.4. The Morgan fingerprint density at radius 2 is 1.74 bits per heavy atom. The molecular weight excluding hydrogens is 242 g/mol. The predicted octanol–water partition coefficient (Wildman–Crippen LogP) is 3.52. The van der Waals surface area contributed by atoms with Gasteiger partial charge in [-0.1, -0.05) is 26.5 Å². The summed E-state index contributed by atoms with van der Waals surface area (Å²) in [6.45, 7) is 13.6. The first-order chi connectivity index (χ1) is 9.06. The van der Waals surface area contributed by atoms with Gasteiger partial charge in [-0.3, -0.25) is 0 Å². The predicted molar refractivity (Wildman–Crippen MR) is 76.2 cm³/mol. The average Bonchev–Trinajstić information content (AvgIpc) is 2.40. The van der Waals surface area contributed by atoms with Crippen molar-refractivity contribution < 1.29 is 14.3 Å². The summed E-state index contributed by atoms with van der Waals surface area (Å²) < 4.78 is 9.87. The molecule has 19 heavy (non-hydrogen) atoms. The van der Waals surface area contributed by atoms with Gasteiger partial charge in [0.15, 0.2) is 0 Å². The van der Waals surface area contributed by atoms with Crippen LogP contribution in [-0.2, 0) is 14.3 Å². The molecule has 0 rings (SSSR count). The molecule has 0 amide bonds. The van der Waals surface area contributed by atoms with Gasteiger partial charge >= 0.3 is 5.97 Å². The molecule has 0 aliphatic rings. The zero-order chi connectivity index (χ0) is 15.3. The molecule has 0 saturated heterocycles. The summed E-state index contributed by atoms with van der Waals surface area (Å²) >= 11 is 0. The SMILES string of the molecule is C=C(/C=C/C(C)=C(\C#N)C(=O)OCC)OCC.CC. The fraction of sp³-hybridized carbons (Fsp3) is 0.467. The van der Waals surface area contributed by atoms with E-state index in [1.807, 2.05) is 26.8 Å². The van der Waals surface area contributed by atoms with Crippen LogP contribution in [0.5, 0.6) is 0 Å². The van der Waals surface area contributed by atoms with Crippen LogP contribution in [0.15, 0.2) is 35.6 Å². The van der Waals surface area contributed by atoms with Gasteiger partial charge in [-0.05, 0) is 32.4 Å². The number of carbonyl (C=O) groups excluding carboxylic acids is 1. The number of esters is 1. The van der Waals surface area contributed by atoms with Gasteiger partial charge in [-0.25, -0.2) is 4.79 Å². The van der Waals surface area contributed by atoms with Crippen molar-refractivity contribution in [1.82, 2.24) is 0 Å². The van der Waals surface area contributed by atoms with E-state index in [-0.39, 0.29) is 12.2 Å². The van der Waals surface area contributed by atoms with E-state index in [0.29, 0.717) is 17.9 Å². The number of ether oxygens (including phenoxy) is 2. The first kappa shape index (κ1) is 19.3. The van der Waals surface area contributed by atoms with Gasteiger partial charge in [0.05, 0.1) is 13.2 Å². The largest absolute Gasteiger partial charge is 0.495 e. The lowest BCUT2D eigenvalue weighted by Crippen LogP contribution is -2.07. The molecule has 0 aromatic heterocycles. The quantitative estimate of drug-likeness (QED) is 0.242. The van der Waals surface area contributed by atoms with Crippen LogP contribution in [-0.4, -0.2) is 19.2 Å². The van der Waals surface area contributed by atoms with Crippen LogP contribution in [0.2, 0.25) is 0 Å². The Morgan fingerprint density at radius 3 is 2.16 bits per heavy atom. The van der Waals surface area contributed by atoms with Crippen LogP contribution in [0, 0.1) is 11.3 Å². The molecule has 4 nitrogen and oxygen atoms in total. The third kappa shape index (κ3) is 8.67. The fourth-order valence-electron chi connectivity index (χ4n) is 1.03. The lowest BCUT2D eigenvalue weighted by atomic mass is 10.1. The number of rotatable bonds is 6. The molecule has 106 valence electrons. The minimum absolute atomic E-state index is 0.00704. The first-order valence-electron chi connectivity index (χ1n) is 6.34. The topological polar surface area (TPSA) is 59.3 Å². The van der Waals surface area contributed by atoms with Crippen LogP contribution in [0.4, 0.5) is 0 Å². The van der Waals surface area contributed by atoms with E-state index in [4.69, 9.17) is 14.7 Å². The van der Waals surface area contributed by atoms with Crippen LogP contribution >= 0.6 is 0 Å².